The summed E-state index contributed by atoms with van der Waals surface area (Å²) in [6.07, 6.45) is 4.73. The highest BCUT2D eigenvalue weighted by atomic mass is 79.9. The van der Waals surface area contributed by atoms with Crippen LogP contribution in [0.2, 0.25) is 0 Å². The second kappa shape index (κ2) is 14.3. The molecule has 0 saturated carbocycles. The Morgan fingerprint density at radius 1 is 1.11 bits per heavy atom. The van der Waals surface area contributed by atoms with Crippen LogP contribution in [0.15, 0.2) is 57.9 Å². The summed E-state index contributed by atoms with van der Waals surface area (Å²) in [5.74, 6) is 1.94. The molecule has 2 atom stereocenters. The minimum Gasteiger partial charge on any atom is -0.373 e. The lowest BCUT2D eigenvalue weighted by molar-refractivity contribution is -0.135. The number of nitrogens with zero attached hydrogens (tertiary/aromatic N) is 7. The standard InChI is InChI=1S/C27H28N6O4.C7H9BrN2/c1-15(2)23-9-25(37-31-23)19-7-21(14-34)32(12-19)26(36)13-33-24-6-5-18(20-10-28-17(4)29-11-20)8-22(24)27(30-33)16(3)35;1-5-3-4-6(8)10-7(5)9-2/h5-6,8-11,14-15,19,21H,7,12-13H2,1-4H3;3-4H,1-2H3,(H,9,10). The maximum absolute atomic E-state index is 13.4. The lowest BCUT2D eigenvalue weighted by atomic mass is 10.0. The average Bonchev–Trinajstić information content (AvgIpc) is 3.80. The lowest BCUT2D eigenvalue weighted by Gasteiger charge is -2.20. The number of nitrogens with one attached hydrogen (secondary N) is 1. The molecular weight excluding hydrogens is 664 g/mol. The second-order valence-corrected chi connectivity index (χ2v) is 12.7. The highest BCUT2D eigenvalue weighted by molar-refractivity contribution is 9.10. The molecule has 12 nitrogen and oxygen atoms in total. The van der Waals surface area contributed by atoms with Crippen LogP contribution < -0.4 is 5.32 Å². The largest absolute Gasteiger partial charge is 0.373 e. The van der Waals surface area contributed by atoms with Gasteiger partial charge in [-0.15, -0.1) is 0 Å². The predicted molar refractivity (Wildman–Crippen MR) is 181 cm³/mol. The van der Waals surface area contributed by atoms with Crippen molar-refractivity contribution in [1.82, 2.24) is 34.8 Å². The van der Waals surface area contributed by atoms with Crippen LogP contribution in [0.5, 0.6) is 0 Å². The van der Waals surface area contributed by atoms with Gasteiger partial charge in [-0.2, -0.15) is 5.10 Å². The molecule has 5 heterocycles. The predicted octanol–water partition coefficient (Wildman–Crippen LogP) is 5.89. The van der Waals surface area contributed by atoms with Crippen LogP contribution in [-0.2, 0) is 16.1 Å². The van der Waals surface area contributed by atoms with Gasteiger partial charge in [0.1, 0.15) is 40.5 Å². The zero-order valence-electron chi connectivity index (χ0n) is 27.2. The summed E-state index contributed by atoms with van der Waals surface area (Å²) in [7, 11) is 1.86. The molecule has 4 aromatic heterocycles. The SMILES string of the molecule is CC(=O)c1nn(CC(=O)N2CC(c3cc(C(C)C)no3)CC2C=O)c2ccc(-c3cnc(C)nc3)cc12.CNc1nc(Br)ccc1C. The van der Waals surface area contributed by atoms with Crippen molar-refractivity contribution in [3.63, 3.8) is 0 Å². The molecule has 1 aromatic carbocycles. The van der Waals surface area contributed by atoms with E-state index in [1.54, 1.807) is 17.3 Å². The first-order chi connectivity index (χ1) is 22.5. The number of aryl methyl sites for hydroxylation is 2. The van der Waals surface area contributed by atoms with Crippen molar-refractivity contribution < 1.29 is 18.9 Å². The molecule has 5 aromatic rings. The number of likely N-dealkylation sites (tertiary alicyclic amines) is 1. The van der Waals surface area contributed by atoms with Gasteiger partial charge in [-0.05, 0) is 71.4 Å². The van der Waals surface area contributed by atoms with Gasteiger partial charge in [0, 0.05) is 55.8 Å². The topological polar surface area (TPSA) is 149 Å². The van der Waals surface area contributed by atoms with Crippen molar-refractivity contribution >= 4 is 50.6 Å². The summed E-state index contributed by atoms with van der Waals surface area (Å²) in [4.78, 5) is 51.9. The van der Waals surface area contributed by atoms with Crippen molar-refractivity contribution in [1.29, 1.82) is 0 Å². The summed E-state index contributed by atoms with van der Waals surface area (Å²) in [5, 5.41) is 12.2. The molecule has 2 unspecified atom stereocenters. The number of hydrogen-bond donors (Lipinski definition) is 1. The van der Waals surface area contributed by atoms with E-state index in [4.69, 9.17) is 4.52 Å². The van der Waals surface area contributed by atoms with E-state index in [1.165, 1.54) is 11.6 Å². The number of aromatic nitrogens is 6. The number of carbonyl (C=O) groups is 3. The Labute approximate surface area is 281 Å². The number of halogens is 1. The Bertz CT molecular complexity index is 1920. The van der Waals surface area contributed by atoms with Crippen molar-refractivity contribution in [3.8, 4) is 11.1 Å². The van der Waals surface area contributed by atoms with Crippen LogP contribution in [0.3, 0.4) is 0 Å². The van der Waals surface area contributed by atoms with E-state index in [0.717, 1.165) is 39.1 Å². The van der Waals surface area contributed by atoms with E-state index in [2.05, 4.69) is 46.5 Å². The van der Waals surface area contributed by atoms with E-state index < -0.39 is 6.04 Å². The van der Waals surface area contributed by atoms with Gasteiger partial charge in [-0.3, -0.25) is 14.3 Å². The summed E-state index contributed by atoms with van der Waals surface area (Å²) < 4.78 is 7.92. The lowest BCUT2D eigenvalue weighted by Crippen LogP contribution is -2.38. The Morgan fingerprint density at radius 2 is 1.85 bits per heavy atom. The first-order valence-corrected chi connectivity index (χ1v) is 16.1. The molecule has 1 aliphatic rings. The second-order valence-electron chi connectivity index (χ2n) is 11.9. The Balaban J connectivity index is 0.000000371. The molecule has 0 spiro atoms. The zero-order valence-corrected chi connectivity index (χ0v) is 28.8. The van der Waals surface area contributed by atoms with Crippen LogP contribution in [0.1, 0.15) is 72.4 Å². The number of Topliss-reactive ketones (excluding diaryl/α,β-unsaturated/α-hetero) is 1. The van der Waals surface area contributed by atoms with Crippen molar-refractivity contribution in [2.45, 2.75) is 65.5 Å². The van der Waals surface area contributed by atoms with Crippen LogP contribution in [-0.4, -0.2) is 72.4 Å². The molecule has 13 heteroatoms. The molecule has 1 amide bonds. The van der Waals surface area contributed by atoms with Crippen LogP contribution in [0.25, 0.3) is 22.0 Å². The first-order valence-electron chi connectivity index (χ1n) is 15.3. The van der Waals surface area contributed by atoms with Gasteiger partial charge in [-0.25, -0.2) is 15.0 Å². The minimum absolute atomic E-state index is 0.0958. The number of anilines is 1. The van der Waals surface area contributed by atoms with E-state index >= 15 is 0 Å². The number of fused-ring (bicyclic) bond motifs is 1. The van der Waals surface area contributed by atoms with E-state index in [-0.39, 0.29) is 35.8 Å². The average molecular weight is 702 g/mol. The molecule has 0 radical (unpaired) electrons. The molecule has 244 valence electrons. The normalized spacial score (nSPS) is 15.9. The van der Waals surface area contributed by atoms with Crippen LogP contribution in [0.4, 0.5) is 5.82 Å². The fourth-order valence-electron chi connectivity index (χ4n) is 5.51. The minimum atomic E-state index is -0.563. The number of hydrogen-bond acceptors (Lipinski definition) is 10. The number of benzene rings is 1. The first kappa shape index (κ1) is 33.6. The quantitative estimate of drug-likeness (QED) is 0.118. The highest BCUT2D eigenvalue weighted by Crippen LogP contribution is 2.33. The van der Waals surface area contributed by atoms with Crippen molar-refractivity contribution in [2.24, 2.45) is 0 Å². The number of carbonyl (C=O) groups excluding carboxylic acids is 3. The molecule has 1 fully saturated rings. The highest BCUT2D eigenvalue weighted by Gasteiger charge is 2.38. The Morgan fingerprint density at radius 3 is 2.47 bits per heavy atom. The number of rotatable bonds is 8. The van der Waals surface area contributed by atoms with Gasteiger partial charge >= 0.3 is 0 Å². The molecule has 47 heavy (non-hydrogen) atoms. The third-order valence-corrected chi connectivity index (χ3v) is 8.59. The fraction of sp³-hybridized carbons (Fsp3) is 0.353. The van der Waals surface area contributed by atoms with Crippen molar-refractivity contribution in [2.75, 3.05) is 18.9 Å². The zero-order chi connectivity index (χ0) is 33.8. The number of aldehydes is 1. The third kappa shape index (κ3) is 7.46. The number of ketones is 1. The fourth-order valence-corrected chi connectivity index (χ4v) is 5.82. The number of pyridine rings is 1. The van der Waals surface area contributed by atoms with E-state index in [1.807, 2.05) is 71.1 Å². The molecular formula is C34H37BrN8O4. The van der Waals surface area contributed by atoms with Gasteiger partial charge in [0.05, 0.1) is 17.3 Å². The Kier molecular flexibility index (Phi) is 10.2. The maximum atomic E-state index is 13.4. The molecule has 0 bridgehead atoms. The van der Waals surface area contributed by atoms with Crippen LogP contribution >= 0.6 is 15.9 Å². The smallest absolute Gasteiger partial charge is 0.244 e. The monoisotopic (exact) mass is 700 g/mol. The van der Waals surface area contributed by atoms with Gasteiger partial charge in [0.15, 0.2) is 5.78 Å². The molecule has 1 N–H and O–H groups in total. The van der Waals surface area contributed by atoms with E-state index in [9.17, 15) is 14.4 Å². The summed E-state index contributed by atoms with van der Waals surface area (Å²) >= 11 is 3.29. The molecule has 6 rings (SSSR count). The molecule has 0 aliphatic carbocycles. The van der Waals surface area contributed by atoms with Crippen LogP contribution in [0, 0.1) is 13.8 Å². The summed E-state index contributed by atoms with van der Waals surface area (Å²) in [6.45, 7) is 9.60. The van der Waals surface area contributed by atoms with Gasteiger partial charge in [0.2, 0.25) is 5.91 Å². The van der Waals surface area contributed by atoms with Gasteiger partial charge in [0.25, 0.3) is 0 Å². The Hall–Kier alpha value is -4.78. The number of amides is 1. The van der Waals surface area contributed by atoms with Gasteiger partial charge < -0.3 is 19.5 Å². The molecule has 1 saturated heterocycles. The summed E-state index contributed by atoms with van der Waals surface area (Å²) in [6, 6.07) is 10.9. The van der Waals surface area contributed by atoms with E-state index in [0.29, 0.717) is 35.5 Å². The summed E-state index contributed by atoms with van der Waals surface area (Å²) in [5.41, 5.74) is 4.61. The third-order valence-electron chi connectivity index (χ3n) is 8.14. The maximum Gasteiger partial charge on any atom is 0.244 e. The van der Waals surface area contributed by atoms with Crippen molar-refractivity contribution in [3.05, 3.63) is 81.9 Å². The molecule has 1 aliphatic heterocycles. The van der Waals surface area contributed by atoms with Gasteiger partial charge in [-0.1, -0.05) is 31.1 Å².